The van der Waals surface area contributed by atoms with Gasteiger partial charge < -0.3 is 0 Å². The van der Waals surface area contributed by atoms with E-state index in [0.29, 0.717) is 0 Å². The van der Waals surface area contributed by atoms with E-state index in [1.807, 2.05) is 0 Å². The summed E-state index contributed by atoms with van der Waals surface area (Å²) in [6, 6.07) is 53.6. The molecule has 0 aliphatic rings. The van der Waals surface area contributed by atoms with Gasteiger partial charge in [-0.25, -0.2) is 0 Å². The summed E-state index contributed by atoms with van der Waals surface area (Å²) in [4.78, 5) is 14.1. The zero-order valence-corrected chi connectivity index (χ0v) is 33.0. The monoisotopic (exact) mass is 775 g/mol. The number of hydrogen-bond acceptors (Lipinski definition) is 2. The molecular formula is C44H47O2P2Pd. The fourth-order valence-electron chi connectivity index (χ4n) is 7.35. The van der Waals surface area contributed by atoms with Crippen LogP contribution in [0.2, 0.25) is 0 Å². The molecule has 0 saturated heterocycles. The van der Waals surface area contributed by atoms with Gasteiger partial charge in [0.2, 0.25) is 0 Å². The first kappa shape index (κ1) is 35.1. The molecule has 5 heteroatoms. The Kier molecular flexibility index (Phi) is 10.5. The summed E-state index contributed by atoms with van der Waals surface area (Å²) in [5.41, 5.74) is 0.891. The molecule has 0 fully saturated rings. The Morgan fingerprint density at radius 1 is 0.388 bits per heavy atom. The third kappa shape index (κ3) is 6.07. The van der Waals surface area contributed by atoms with Crippen molar-refractivity contribution in [1.82, 2.24) is 0 Å². The molecule has 0 saturated carbocycles. The average molecular weight is 776 g/mol. The summed E-state index contributed by atoms with van der Waals surface area (Å²) in [6.45, 7) is 15.1. The van der Waals surface area contributed by atoms with E-state index >= 15 is 0 Å². The second-order valence-electron chi connectivity index (χ2n) is 12.9. The third-order valence-corrected chi connectivity index (χ3v) is 41.9. The van der Waals surface area contributed by atoms with Crippen LogP contribution >= 0.6 is 10.9 Å². The number of carbonyl (C=O) groups excluding carboxylic acids is 1. The van der Waals surface area contributed by atoms with E-state index in [2.05, 4.69) is 187 Å². The van der Waals surface area contributed by atoms with Gasteiger partial charge in [0.05, 0.1) is 0 Å². The van der Waals surface area contributed by atoms with E-state index in [4.69, 9.17) is 3.46 Å². The predicted octanol–water partition coefficient (Wildman–Crippen LogP) is 8.22. The molecular weight excluding hydrogens is 729 g/mol. The van der Waals surface area contributed by atoms with Crippen molar-refractivity contribution in [3.05, 3.63) is 179 Å². The van der Waals surface area contributed by atoms with Crippen molar-refractivity contribution >= 4 is 48.7 Å². The fourth-order valence-corrected chi connectivity index (χ4v) is 51.7. The summed E-state index contributed by atoms with van der Waals surface area (Å²) in [6.07, 6.45) is 0. The Hall–Kier alpha value is -3.69. The summed E-state index contributed by atoms with van der Waals surface area (Å²) in [7, 11) is 0. The Morgan fingerprint density at radius 3 is 0.735 bits per heavy atom. The molecule has 6 rings (SSSR count). The van der Waals surface area contributed by atoms with Gasteiger partial charge in [0.1, 0.15) is 0 Å². The van der Waals surface area contributed by atoms with E-state index < -0.39 is 27.0 Å². The molecule has 49 heavy (non-hydrogen) atoms. The summed E-state index contributed by atoms with van der Waals surface area (Å²) < 4.78 is 7.44. The van der Waals surface area contributed by atoms with Crippen LogP contribution in [0.3, 0.4) is 0 Å². The van der Waals surface area contributed by atoms with Crippen LogP contribution in [0.1, 0.15) is 40.3 Å². The van der Waals surface area contributed by atoms with Crippen LogP contribution in [0.25, 0.3) is 0 Å². The fraction of sp³-hybridized carbons (Fsp3) is 0.159. The molecule has 6 aromatic rings. The second kappa shape index (κ2) is 14.7. The van der Waals surface area contributed by atoms with Crippen LogP contribution < -0.4 is 31.8 Å². The molecule has 0 spiro atoms. The molecule has 0 aliphatic heterocycles. The van der Waals surface area contributed by atoms with E-state index in [-0.39, 0.29) is 5.97 Å². The zero-order valence-electron chi connectivity index (χ0n) is 29.5. The van der Waals surface area contributed by atoms with Gasteiger partial charge in [-0.15, -0.1) is 0 Å². The number of benzene rings is 6. The number of hydrogen-bond donors (Lipinski definition) is 0. The first-order valence-electron chi connectivity index (χ1n) is 16.8. The molecule has 6 aromatic carbocycles. The second-order valence-corrected chi connectivity index (χ2v) is 32.2. The first-order chi connectivity index (χ1) is 23.6. The van der Waals surface area contributed by atoms with Crippen LogP contribution in [-0.4, -0.2) is 5.97 Å². The van der Waals surface area contributed by atoms with Gasteiger partial charge in [0.15, 0.2) is 0 Å². The molecule has 0 N–H and O–H groups in total. The van der Waals surface area contributed by atoms with Crippen molar-refractivity contribution in [1.29, 1.82) is 0 Å². The maximum absolute atomic E-state index is 14.1. The molecule has 0 unspecified atom stereocenters. The van der Waals surface area contributed by atoms with Crippen LogP contribution in [-0.2, 0) is 24.4 Å². The summed E-state index contributed by atoms with van der Waals surface area (Å²) >= 11 is -2.51. The predicted molar refractivity (Wildman–Crippen MR) is 213 cm³/mol. The van der Waals surface area contributed by atoms with E-state index in [0.717, 1.165) is 0 Å². The van der Waals surface area contributed by atoms with Gasteiger partial charge in [-0.3, -0.25) is 0 Å². The average Bonchev–Trinajstić information content (AvgIpc) is 3.09. The first-order valence-corrected chi connectivity index (χ1v) is 25.7. The normalized spacial score (nSPS) is 12.7. The van der Waals surface area contributed by atoms with Gasteiger partial charge in [-0.1, -0.05) is 0 Å². The van der Waals surface area contributed by atoms with Crippen molar-refractivity contribution in [3.8, 4) is 0 Å². The number of rotatable bonds is 9. The standard InChI is InChI=1S/2C21H21P.C2H4O2.Pd/c2*1-16-10-4-7-13-19(16)22(20-14-8-5-11-17(20)2)21-15-9-6-12-18(21)3;1-2(3)4;/h2*4-15H,1-3H3;1H3,(H,3,4);/q;;;-1/p+1. The summed E-state index contributed by atoms with van der Waals surface area (Å²) in [5.74, 6) is -0.207. The Morgan fingerprint density at radius 2 is 0.571 bits per heavy atom. The SMILES string of the molecule is CC(=O)[O][Pd]([PH](c1ccccc1C)(c1ccccc1C)c1ccccc1C)[PH](c1ccccc1C)(c1ccccc1C)c1ccccc1C. The van der Waals surface area contributed by atoms with Crippen LogP contribution in [0.4, 0.5) is 0 Å². The molecule has 255 valence electrons. The van der Waals surface area contributed by atoms with Crippen molar-refractivity contribution in [3.63, 3.8) is 0 Å². The Bertz CT molecular complexity index is 1770. The number of aryl methyl sites for hydroxylation is 6. The van der Waals surface area contributed by atoms with Gasteiger partial charge in [-0.05, 0) is 0 Å². The minimum atomic E-state index is -3.27. The number of carbonyl (C=O) groups is 1. The van der Waals surface area contributed by atoms with Gasteiger partial charge in [0.25, 0.3) is 0 Å². The van der Waals surface area contributed by atoms with E-state index in [1.165, 1.54) is 65.2 Å². The Labute approximate surface area is 299 Å². The van der Waals surface area contributed by atoms with Crippen LogP contribution in [0, 0.1) is 41.5 Å². The van der Waals surface area contributed by atoms with Crippen molar-refractivity contribution < 1.29 is 24.4 Å². The van der Waals surface area contributed by atoms with Crippen LogP contribution in [0.5, 0.6) is 0 Å². The zero-order chi connectivity index (χ0) is 34.8. The molecule has 0 aromatic heterocycles. The molecule has 0 amide bonds. The third-order valence-electron chi connectivity index (χ3n) is 9.58. The van der Waals surface area contributed by atoms with E-state index in [9.17, 15) is 4.79 Å². The van der Waals surface area contributed by atoms with E-state index in [1.54, 1.807) is 6.92 Å². The van der Waals surface area contributed by atoms with Crippen molar-refractivity contribution in [2.45, 2.75) is 48.5 Å². The van der Waals surface area contributed by atoms with Gasteiger partial charge in [0, 0.05) is 0 Å². The minimum absolute atomic E-state index is 0.207. The molecule has 0 heterocycles. The Balaban J connectivity index is 2.01. The molecule has 2 nitrogen and oxygen atoms in total. The quantitative estimate of drug-likeness (QED) is 0.109. The molecule has 0 bridgehead atoms. The molecule has 0 radical (unpaired) electrons. The van der Waals surface area contributed by atoms with Gasteiger partial charge in [-0.2, -0.15) is 0 Å². The summed E-state index contributed by atoms with van der Waals surface area (Å²) in [5, 5.41) is 7.96. The topological polar surface area (TPSA) is 26.3 Å². The maximum atomic E-state index is 14.1. The molecule has 0 atom stereocenters. The molecule has 0 aliphatic carbocycles. The van der Waals surface area contributed by atoms with Crippen molar-refractivity contribution in [2.24, 2.45) is 0 Å². The van der Waals surface area contributed by atoms with Crippen molar-refractivity contribution in [2.75, 3.05) is 0 Å². The van der Waals surface area contributed by atoms with Gasteiger partial charge >= 0.3 is 301 Å². The van der Waals surface area contributed by atoms with Crippen LogP contribution in [0.15, 0.2) is 146 Å².